The topological polar surface area (TPSA) is 93.2 Å². The Morgan fingerprint density at radius 3 is 2.31 bits per heavy atom. The van der Waals surface area contributed by atoms with Crippen molar-refractivity contribution in [2.45, 2.75) is 47.3 Å². The fourth-order valence-electron chi connectivity index (χ4n) is 3.69. The van der Waals surface area contributed by atoms with E-state index in [4.69, 9.17) is 0 Å². The summed E-state index contributed by atoms with van der Waals surface area (Å²) in [5.41, 5.74) is 2.09. The average molecular weight is 451 g/mol. The van der Waals surface area contributed by atoms with Crippen molar-refractivity contribution < 1.29 is 16.8 Å². The molecule has 0 aliphatic heterocycles. The molecule has 0 radical (unpaired) electrons. The Hall–Kier alpha value is -1.97. The molecule has 1 saturated carbocycles. The van der Waals surface area contributed by atoms with Gasteiger partial charge in [-0.2, -0.15) is 0 Å². The third-order valence-electron chi connectivity index (χ3n) is 5.21. The first-order valence-electron chi connectivity index (χ1n) is 9.46. The number of aromatic nitrogens is 1. The first-order valence-corrected chi connectivity index (χ1v) is 13.6. The second-order valence-corrected chi connectivity index (χ2v) is 12.3. The summed E-state index contributed by atoms with van der Waals surface area (Å²) in [7, 11) is -7.14. The summed E-state index contributed by atoms with van der Waals surface area (Å²) in [6.45, 7) is 0. The molecule has 1 aliphatic rings. The molecular weight excluding hydrogens is 428 g/mol. The molecule has 1 fully saturated rings. The number of thiazole rings is 1. The highest BCUT2D eigenvalue weighted by Gasteiger charge is 2.19. The zero-order chi connectivity index (χ0) is 20.6. The zero-order valence-corrected chi connectivity index (χ0v) is 18.4. The minimum atomic E-state index is -3.74. The molecular formula is C20H22N2O4S3. The number of hydrogen-bond donors (Lipinski definition) is 1. The highest BCUT2D eigenvalue weighted by molar-refractivity contribution is 7.93. The standard InChI is InChI=1S/C20H22N2O4S3/c1-28(23,24)20-21-18-12-9-16(13-19(18)27-20)22-29(25,26)17-10-7-15(8-11-17)14-5-3-2-4-6-14/h7-14,22H,2-6H2,1H3. The number of hydrogen-bond acceptors (Lipinski definition) is 6. The highest BCUT2D eigenvalue weighted by atomic mass is 32.2. The van der Waals surface area contributed by atoms with Crippen LogP contribution in [-0.4, -0.2) is 28.1 Å². The molecule has 6 nitrogen and oxygen atoms in total. The van der Waals surface area contributed by atoms with Crippen LogP contribution in [0.1, 0.15) is 43.6 Å². The number of nitrogens with zero attached hydrogens (tertiary/aromatic N) is 1. The molecule has 2 aromatic carbocycles. The number of nitrogens with one attached hydrogen (secondary N) is 1. The van der Waals surface area contributed by atoms with Gasteiger partial charge in [-0.15, -0.1) is 11.3 Å². The smallest absolute Gasteiger partial charge is 0.261 e. The van der Waals surface area contributed by atoms with Crippen molar-refractivity contribution >= 4 is 47.1 Å². The highest BCUT2D eigenvalue weighted by Crippen LogP contribution is 2.33. The number of rotatable bonds is 5. The summed E-state index contributed by atoms with van der Waals surface area (Å²) in [5.74, 6) is 0.520. The van der Waals surface area contributed by atoms with E-state index in [1.807, 2.05) is 12.1 Å². The molecule has 0 bridgehead atoms. The van der Waals surface area contributed by atoms with E-state index in [0.717, 1.165) is 30.4 Å². The first kappa shape index (κ1) is 20.3. The van der Waals surface area contributed by atoms with Crippen molar-refractivity contribution in [3.8, 4) is 0 Å². The Bertz CT molecular complexity index is 1240. The predicted molar refractivity (Wildman–Crippen MR) is 116 cm³/mol. The second-order valence-electron chi connectivity index (χ2n) is 7.44. The van der Waals surface area contributed by atoms with E-state index in [2.05, 4.69) is 9.71 Å². The van der Waals surface area contributed by atoms with Gasteiger partial charge in [-0.3, -0.25) is 4.72 Å². The normalized spacial score (nSPS) is 16.2. The lowest BCUT2D eigenvalue weighted by atomic mass is 9.84. The summed E-state index contributed by atoms with van der Waals surface area (Å²) in [5, 5.41) is 0. The Labute approximate surface area is 175 Å². The van der Waals surface area contributed by atoms with Crippen LogP contribution in [0, 0.1) is 0 Å². The monoisotopic (exact) mass is 450 g/mol. The molecule has 1 aromatic heterocycles. The summed E-state index contributed by atoms with van der Waals surface area (Å²) in [6.07, 6.45) is 7.16. The summed E-state index contributed by atoms with van der Waals surface area (Å²) in [4.78, 5) is 4.29. The van der Waals surface area contributed by atoms with E-state index in [1.165, 1.54) is 24.8 Å². The van der Waals surface area contributed by atoms with Crippen LogP contribution < -0.4 is 4.72 Å². The zero-order valence-electron chi connectivity index (χ0n) is 16.0. The lowest BCUT2D eigenvalue weighted by Crippen LogP contribution is -2.13. The van der Waals surface area contributed by atoms with Crippen molar-refractivity contribution in [2.24, 2.45) is 0 Å². The van der Waals surface area contributed by atoms with Crippen LogP contribution in [0.4, 0.5) is 5.69 Å². The molecule has 0 spiro atoms. The van der Waals surface area contributed by atoms with Crippen LogP contribution in [0.25, 0.3) is 10.2 Å². The van der Waals surface area contributed by atoms with Crippen LogP contribution in [0.5, 0.6) is 0 Å². The van der Waals surface area contributed by atoms with E-state index in [9.17, 15) is 16.8 Å². The van der Waals surface area contributed by atoms with Gasteiger partial charge in [0.15, 0.2) is 0 Å². The van der Waals surface area contributed by atoms with Crippen LogP contribution >= 0.6 is 11.3 Å². The van der Waals surface area contributed by atoms with Gasteiger partial charge in [0.1, 0.15) is 0 Å². The van der Waals surface area contributed by atoms with E-state index >= 15 is 0 Å². The van der Waals surface area contributed by atoms with Gasteiger partial charge in [-0.1, -0.05) is 31.4 Å². The first-order chi connectivity index (χ1) is 13.7. The Morgan fingerprint density at radius 2 is 1.66 bits per heavy atom. The van der Waals surface area contributed by atoms with Gasteiger partial charge in [0.05, 0.1) is 20.8 Å². The van der Waals surface area contributed by atoms with Gasteiger partial charge >= 0.3 is 0 Å². The number of sulfone groups is 1. The molecule has 0 unspecified atom stereocenters. The molecule has 1 N–H and O–H groups in total. The fourth-order valence-corrected chi connectivity index (χ4v) is 6.62. The van der Waals surface area contributed by atoms with E-state index in [1.54, 1.807) is 30.3 Å². The summed E-state index contributed by atoms with van der Waals surface area (Å²) >= 11 is 1.02. The van der Waals surface area contributed by atoms with Crippen molar-refractivity contribution in [3.05, 3.63) is 48.0 Å². The minimum absolute atomic E-state index is 0.0193. The van der Waals surface area contributed by atoms with Crippen molar-refractivity contribution in [2.75, 3.05) is 11.0 Å². The van der Waals surface area contributed by atoms with Gasteiger partial charge in [-0.25, -0.2) is 21.8 Å². The van der Waals surface area contributed by atoms with Crippen LogP contribution in [0.3, 0.4) is 0 Å². The third-order valence-corrected chi connectivity index (χ3v) is 9.30. The van der Waals surface area contributed by atoms with Gasteiger partial charge in [0, 0.05) is 6.26 Å². The Balaban J connectivity index is 1.56. The van der Waals surface area contributed by atoms with Crippen LogP contribution in [-0.2, 0) is 19.9 Å². The molecule has 1 aliphatic carbocycles. The maximum atomic E-state index is 12.8. The SMILES string of the molecule is CS(=O)(=O)c1nc2ccc(NS(=O)(=O)c3ccc(C4CCCCC4)cc3)cc2s1. The molecule has 0 atom stereocenters. The van der Waals surface area contributed by atoms with Gasteiger partial charge < -0.3 is 0 Å². The average Bonchev–Trinajstić information content (AvgIpc) is 3.12. The molecule has 3 aromatic rings. The van der Waals surface area contributed by atoms with Crippen molar-refractivity contribution in [1.82, 2.24) is 4.98 Å². The minimum Gasteiger partial charge on any atom is -0.280 e. The quantitative estimate of drug-likeness (QED) is 0.616. The molecule has 29 heavy (non-hydrogen) atoms. The Morgan fingerprint density at radius 1 is 0.966 bits per heavy atom. The molecule has 9 heteroatoms. The molecule has 0 amide bonds. The molecule has 1 heterocycles. The summed E-state index contributed by atoms with van der Waals surface area (Å²) in [6, 6.07) is 11.9. The lowest BCUT2D eigenvalue weighted by molar-refractivity contribution is 0.443. The van der Waals surface area contributed by atoms with Crippen molar-refractivity contribution in [1.29, 1.82) is 0 Å². The molecule has 154 valence electrons. The third kappa shape index (κ3) is 4.46. The van der Waals surface area contributed by atoms with Crippen LogP contribution in [0.15, 0.2) is 51.7 Å². The van der Waals surface area contributed by atoms with Crippen LogP contribution in [0.2, 0.25) is 0 Å². The number of fused-ring (bicyclic) bond motifs is 1. The maximum absolute atomic E-state index is 12.8. The van der Waals surface area contributed by atoms with E-state index in [-0.39, 0.29) is 9.24 Å². The maximum Gasteiger partial charge on any atom is 0.261 e. The van der Waals surface area contributed by atoms with E-state index in [0.29, 0.717) is 21.8 Å². The molecule has 0 saturated heterocycles. The number of benzene rings is 2. The molecule has 4 rings (SSSR count). The Kier molecular flexibility index (Phi) is 5.39. The predicted octanol–water partition coefficient (Wildman–Crippen LogP) is 4.55. The fraction of sp³-hybridized carbons (Fsp3) is 0.350. The van der Waals surface area contributed by atoms with Gasteiger partial charge in [0.25, 0.3) is 10.0 Å². The number of sulfonamides is 1. The van der Waals surface area contributed by atoms with E-state index < -0.39 is 19.9 Å². The second kappa shape index (κ2) is 7.70. The van der Waals surface area contributed by atoms with Gasteiger partial charge in [-0.05, 0) is 54.7 Å². The summed E-state index contributed by atoms with van der Waals surface area (Å²) < 4.78 is 52.1. The number of anilines is 1. The lowest BCUT2D eigenvalue weighted by Gasteiger charge is -2.22. The van der Waals surface area contributed by atoms with Crippen molar-refractivity contribution in [3.63, 3.8) is 0 Å². The largest absolute Gasteiger partial charge is 0.280 e. The van der Waals surface area contributed by atoms with Gasteiger partial charge in [0.2, 0.25) is 14.2 Å².